The lowest BCUT2D eigenvalue weighted by Gasteiger charge is -2.34. The van der Waals surface area contributed by atoms with Crippen molar-refractivity contribution in [2.45, 2.75) is 0 Å². The molecule has 0 aliphatic heterocycles. The summed E-state index contributed by atoms with van der Waals surface area (Å²) in [5, 5.41) is 4.57. The molecule has 0 saturated heterocycles. The Bertz CT molecular complexity index is 2930. The minimum Gasteiger partial charge on any atom is -0.278 e. The van der Waals surface area contributed by atoms with Gasteiger partial charge in [-0.15, -0.1) is 0 Å². The van der Waals surface area contributed by atoms with Gasteiger partial charge in [-0.3, -0.25) is 4.57 Å². The lowest BCUT2D eigenvalue weighted by Crippen LogP contribution is -2.74. The number of para-hydroxylation sites is 2. The average molecular weight is 666 g/mol. The predicted octanol–water partition coefficient (Wildman–Crippen LogP) is 7.68. The SMILES string of the molecule is [2H]c1c([2H])c([2H])c(-c2nc(-c3c([2H])c([2H])c([2H])c([Si](c4ccccc4)(c4ccccc4)c4ccccc4)c3[2H])nc(-n3c4ccccc4c4ccccc43)n2)c([2H])c1[2H]. The maximum Gasteiger partial charge on any atom is 0.238 e. The molecule has 0 atom stereocenters. The Hall–Kier alpha value is -6.43. The zero-order chi connectivity index (χ0) is 41.2. The molecule has 236 valence electrons. The second-order valence-electron chi connectivity index (χ2n) is 11.8. The summed E-state index contributed by atoms with van der Waals surface area (Å²) in [5.74, 6) is -0.488. The number of aromatic nitrogens is 4. The summed E-state index contributed by atoms with van der Waals surface area (Å²) in [7, 11) is -3.65. The van der Waals surface area contributed by atoms with E-state index in [9.17, 15) is 5.48 Å². The Morgan fingerprint density at radius 2 is 0.880 bits per heavy atom. The zero-order valence-corrected chi connectivity index (χ0v) is 27.6. The molecule has 0 radical (unpaired) electrons. The fraction of sp³-hybridized carbons (Fsp3) is 0. The van der Waals surface area contributed by atoms with Crippen LogP contribution in [0.2, 0.25) is 0 Å². The molecule has 0 unspecified atom stereocenters. The molecule has 9 aromatic rings. The molecule has 2 heterocycles. The van der Waals surface area contributed by atoms with E-state index in [0.29, 0.717) is 11.0 Å². The van der Waals surface area contributed by atoms with Crippen LogP contribution in [0.15, 0.2) is 194 Å². The zero-order valence-electron chi connectivity index (χ0n) is 35.6. The highest BCUT2D eigenvalue weighted by Crippen LogP contribution is 2.32. The van der Waals surface area contributed by atoms with Gasteiger partial charge in [0.25, 0.3) is 0 Å². The molecule has 0 saturated carbocycles. The first-order valence-corrected chi connectivity index (χ1v) is 18.1. The number of hydrogen-bond acceptors (Lipinski definition) is 3. The van der Waals surface area contributed by atoms with Gasteiger partial charge < -0.3 is 0 Å². The van der Waals surface area contributed by atoms with Crippen molar-refractivity contribution in [1.29, 1.82) is 0 Å². The van der Waals surface area contributed by atoms with E-state index in [0.717, 1.165) is 26.3 Å². The highest BCUT2D eigenvalue weighted by atomic mass is 28.3. The van der Waals surface area contributed by atoms with E-state index >= 15 is 0 Å². The largest absolute Gasteiger partial charge is 0.278 e. The van der Waals surface area contributed by atoms with Crippen LogP contribution in [0, 0.1) is 0 Å². The number of nitrogens with zero attached hydrogens (tertiary/aromatic N) is 4. The van der Waals surface area contributed by atoms with Gasteiger partial charge in [0.2, 0.25) is 5.95 Å². The first kappa shape index (κ1) is 21.5. The number of rotatable bonds is 7. The van der Waals surface area contributed by atoms with E-state index in [1.807, 2.05) is 140 Å². The predicted molar refractivity (Wildman–Crippen MR) is 209 cm³/mol. The van der Waals surface area contributed by atoms with Crippen LogP contribution in [0.3, 0.4) is 0 Å². The molecule has 0 N–H and O–H groups in total. The van der Waals surface area contributed by atoms with Gasteiger partial charge in [0.05, 0.1) is 23.4 Å². The van der Waals surface area contributed by atoms with E-state index in [2.05, 4.69) is 0 Å². The molecule has 0 aliphatic carbocycles. The Kier molecular flexibility index (Phi) is 5.40. The van der Waals surface area contributed by atoms with Crippen LogP contribution >= 0.6 is 0 Å². The fourth-order valence-corrected chi connectivity index (χ4v) is 11.3. The molecule has 0 spiro atoms. The number of hydrogen-bond donors (Lipinski definition) is 0. The summed E-state index contributed by atoms with van der Waals surface area (Å²) >= 11 is 0. The second-order valence-corrected chi connectivity index (χ2v) is 15.5. The average Bonchev–Trinajstić information content (AvgIpc) is 3.61. The molecule has 0 amide bonds. The van der Waals surface area contributed by atoms with Crippen LogP contribution in [-0.4, -0.2) is 27.6 Å². The molecular weight excluding hydrogens is 625 g/mol. The molecule has 2 aromatic heterocycles. The number of fused-ring (bicyclic) bond motifs is 3. The minimum absolute atomic E-state index is 0.00808. The maximum absolute atomic E-state index is 10.2. The van der Waals surface area contributed by atoms with Crippen molar-refractivity contribution in [3.63, 3.8) is 0 Å². The highest BCUT2D eigenvalue weighted by Gasteiger charge is 2.41. The molecule has 9 rings (SSSR count). The summed E-state index contributed by atoms with van der Waals surface area (Å²) < 4.78 is 83.4. The third-order valence-electron chi connectivity index (χ3n) is 8.97. The second kappa shape index (κ2) is 12.5. The van der Waals surface area contributed by atoms with E-state index in [1.54, 1.807) is 4.57 Å². The van der Waals surface area contributed by atoms with Crippen LogP contribution in [0.1, 0.15) is 12.3 Å². The van der Waals surface area contributed by atoms with Crippen molar-refractivity contribution < 1.29 is 12.3 Å². The van der Waals surface area contributed by atoms with Gasteiger partial charge in [-0.2, -0.15) is 9.97 Å². The summed E-state index contributed by atoms with van der Waals surface area (Å²) in [6.07, 6.45) is 0. The minimum atomic E-state index is -3.65. The van der Waals surface area contributed by atoms with Crippen LogP contribution < -0.4 is 20.7 Å². The molecule has 5 heteroatoms. The third-order valence-corrected chi connectivity index (χ3v) is 13.6. The summed E-state index contributed by atoms with van der Waals surface area (Å²) in [6, 6.07) is 40.1. The monoisotopic (exact) mass is 665 g/mol. The van der Waals surface area contributed by atoms with Gasteiger partial charge in [-0.1, -0.05) is 182 Å². The molecular formula is C45H32N4Si. The van der Waals surface area contributed by atoms with E-state index in [-0.39, 0.29) is 46.0 Å². The fourth-order valence-electron chi connectivity index (χ4n) is 6.83. The topological polar surface area (TPSA) is 43.6 Å². The molecule has 7 aromatic carbocycles. The van der Waals surface area contributed by atoms with Gasteiger partial charge >= 0.3 is 0 Å². The molecule has 4 nitrogen and oxygen atoms in total. The summed E-state index contributed by atoms with van der Waals surface area (Å²) in [5.41, 5.74) is 0.979. The molecule has 50 heavy (non-hydrogen) atoms. The van der Waals surface area contributed by atoms with Crippen LogP contribution in [0.5, 0.6) is 0 Å². The van der Waals surface area contributed by atoms with Crippen molar-refractivity contribution in [2.24, 2.45) is 0 Å². The Morgan fingerprint density at radius 1 is 0.420 bits per heavy atom. The molecule has 0 fully saturated rings. The standard InChI is InChI=1S/C45H32N4Si/c1-5-18-33(19-6-1)43-46-44(48-45(47-43)49-41-30-15-13-28-39(41)40-29-14-16-31-42(40)49)34-20-17-27-38(32-34)50(35-21-7-2-8-22-35,36-23-9-3-10-24-36)37-25-11-4-12-26-37/h1-32H/i1D,5D,6D,17D,18D,19D,20D,27D,32D. The van der Waals surface area contributed by atoms with Gasteiger partial charge in [-0.05, 0) is 32.9 Å². The lowest BCUT2D eigenvalue weighted by atomic mass is 10.2. The van der Waals surface area contributed by atoms with Gasteiger partial charge in [0.1, 0.15) is 0 Å². The lowest BCUT2D eigenvalue weighted by molar-refractivity contribution is 0.953. The first-order chi connectivity index (χ1) is 28.5. The van der Waals surface area contributed by atoms with Crippen molar-refractivity contribution in [2.75, 3.05) is 0 Å². The van der Waals surface area contributed by atoms with E-state index < -0.39 is 50.4 Å². The van der Waals surface area contributed by atoms with Crippen LogP contribution in [-0.2, 0) is 0 Å². The van der Waals surface area contributed by atoms with Crippen LogP contribution in [0.25, 0.3) is 50.5 Å². The van der Waals surface area contributed by atoms with Gasteiger partial charge in [0, 0.05) is 21.9 Å². The quantitative estimate of drug-likeness (QED) is 0.130. The van der Waals surface area contributed by atoms with Crippen molar-refractivity contribution in [3.8, 4) is 28.7 Å². The Balaban J connectivity index is 1.45. The first-order valence-electron chi connectivity index (χ1n) is 20.6. The van der Waals surface area contributed by atoms with Crippen LogP contribution in [0.4, 0.5) is 0 Å². The normalized spacial score (nSPS) is 14.1. The smallest absolute Gasteiger partial charge is 0.238 e. The van der Waals surface area contributed by atoms with Crippen molar-refractivity contribution >= 4 is 50.6 Å². The van der Waals surface area contributed by atoms with Gasteiger partial charge in [0.15, 0.2) is 19.7 Å². The van der Waals surface area contributed by atoms with Gasteiger partial charge in [-0.25, -0.2) is 4.98 Å². The molecule has 0 aliphatic rings. The van der Waals surface area contributed by atoms with Crippen molar-refractivity contribution in [1.82, 2.24) is 19.5 Å². The maximum atomic E-state index is 10.2. The Labute approximate surface area is 304 Å². The Morgan fingerprint density at radius 3 is 1.42 bits per heavy atom. The van der Waals surface area contributed by atoms with E-state index in [4.69, 9.17) is 21.8 Å². The third kappa shape index (κ3) is 4.95. The van der Waals surface area contributed by atoms with E-state index in [1.165, 1.54) is 0 Å². The van der Waals surface area contributed by atoms with Crippen molar-refractivity contribution in [3.05, 3.63) is 194 Å². The highest BCUT2D eigenvalue weighted by molar-refractivity contribution is 7.19. The summed E-state index contributed by atoms with van der Waals surface area (Å²) in [4.78, 5) is 14.5. The summed E-state index contributed by atoms with van der Waals surface area (Å²) in [6.45, 7) is 0. The molecule has 0 bridgehead atoms. The number of benzene rings is 7.